The summed E-state index contributed by atoms with van der Waals surface area (Å²) >= 11 is 8.50. The summed E-state index contributed by atoms with van der Waals surface area (Å²) in [6, 6.07) is 12.3. The summed E-state index contributed by atoms with van der Waals surface area (Å²) in [7, 11) is 1.95. The molecule has 0 unspecified atom stereocenters. The molecule has 0 aliphatic rings. The highest BCUT2D eigenvalue weighted by Gasteiger charge is 2.10. The van der Waals surface area contributed by atoms with Crippen LogP contribution < -0.4 is 10.6 Å². The first-order valence-electron chi connectivity index (χ1n) is 6.02. The Bertz CT molecular complexity index is 628. The van der Waals surface area contributed by atoms with Crippen LogP contribution in [-0.2, 0) is 6.54 Å². The Morgan fingerprint density at radius 3 is 2.50 bits per heavy atom. The summed E-state index contributed by atoms with van der Waals surface area (Å²) in [5.41, 5.74) is 8.56. The zero-order valence-corrected chi connectivity index (χ0v) is 13.3. The van der Waals surface area contributed by atoms with Gasteiger partial charge >= 0.3 is 0 Å². The average molecular weight is 353 g/mol. The smallest absolute Gasteiger partial charge is 0.123 e. The van der Waals surface area contributed by atoms with E-state index in [1.165, 1.54) is 12.1 Å². The number of benzene rings is 2. The number of nitrogens with two attached hydrogens (primary N) is 1. The van der Waals surface area contributed by atoms with Gasteiger partial charge in [-0.05, 0) is 35.9 Å². The van der Waals surface area contributed by atoms with Crippen LogP contribution in [0.4, 0.5) is 10.1 Å². The predicted octanol–water partition coefficient (Wildman–Crippen LogP) is 3.86. The summed E-state index contributed by atoms with van der Waals surface area (Å²) in [5, 5.41) is 0. The van der Waals surface area contributed by atoms with Crippen molar-refractivity contribution in [3.05, 3.63) is 63.9 Å². The van der Waals surface area contributed by atoms with Gasteiger partial charge in [0, 0.05) is 29.3 Å². The first kappa shape index (κ1) is 14.9. The second-order valence-corrected chi connectivity index (χ2v) is 5.86. The van der Waals surface area contributed by atoms with Gasteiger partial charge in [0.2, 0.25) is 0 Å². The normalized spacial score (nSPS) is 10.3. The molecule has 0 aliphatic carbocycles. The molecule has 2 rings (SSSR count). The minimum atomic E-state index is -0.233. The maximum Gasteiger partial charge on any atom is 0.123 e. The molecule has 0 fully saturated rings. The van der Waals surface area contributed by atoms with Crippen LogP contribution in [0.3, 0.4) is 0 Å². The van der Waals surface area contributed by atoms with Gasteiger partial charge < -0.3 is 10.6 Å². The molecule has 104 valence electrons. The van der Waals surface area contributed by atoms with Crippen LogP contribution in [0.1, 0.15) is 11.1 Å². The van der Waals surface area contributed by atoms with E-state index in [-0.39, 0.29) is 5.82 Å². The summed E-state index contributed by atoms with van der Waals surface area (Å²) < 4.78 is 13.8. The monoisotopic (exact) mass is 352 g/mol. The summed E-state index contributed by atoms with van der Waals surface area (Å²) in [4.78, 5) is 2.39. The van der Waals surface area contributed by atoms with E-state index in [4.69, 9.17) is 18.0 Å². The van der Waals surface area contributed by atoms with E-state index in [0.29, 0.717) is 11.5 Å². The van der Waals surface area contributed by atoms with Crippen LogP contribution in [0.2, 0.25) is 0 Å². The standard InChI is InChI=1S/C15H14BrFN2S/c1-19(9-10-2-5-12(17)6-3-10)14-7-4-11(16)8-13(14)15(18)20/h2-8H,9H2,1H3,(H2,18,20). The molecule has 0 atom stereocenters. The average Bonchev–Trinajstić information content (AvgIpc) is 2.41. The van der Waals surface area contributed by atoms with E-state index < -0.39 is 0 Å². The fourth-order valence-corrected chi connectivity index (χ4v) is 2.51. The van der Waals surface area contributed by atoms with Crippen molar-refractivity contribution < 1.29 is 4.39 Å². The van der Waals surface area contributed by atoms with Crippen molar-refractivity contribution in [2.75, 3.05) is 11.9 Å². The molecule has 0 spiro atoms. The Morgan fingerprint density at radius 1 is 1.25 bits per heavy atom. The van der Waals surface area contributed by atoms with Crippen LogP contribution in [-0.4, -0.2) is 12.0 Å². The number of rotatable bonds is 4. The minimum absolute atomic E-state index is 0.233. The van der Waals surface area contributed by atoms with Crippen molar-refractivity contribution in [1.29, 1.82) is 0 Å². The maximum atomic E-state index is 12.9. The Balaban J connectivity index is 2.27. The fraction of sp³-hybridized carbons (Fsp3) is 0.133. The van der Waals surface area contributed by atoms with Gasteiger partial charge in [0.1, 0.15) is 10.8 Å². The minimum Gasteiger partial charge on any atom is -0.389 e. The predicted molar refractivity (Wildman–Crippen MR) is 88.5 cm³/mol. The largest absolute Gasteiger partial charge is 0.389 e. The highest BCUT2D eigenvalue weighted by atomic mass is 79.9. The quantitative estimate of drug-likeness (QED) is 0.847. The van der Waals surface area contributed by atoms with E-state index in [1.807, 2.05) is 30.1 Å². The number of hydrogen-bond acceptors (Lipinski definition) is 2. The molecule has 0 saturated carbocycles. The van der Waals surface area contributed by atoms with Gasteiger partial charge in [-0.2, -0.15) is 0 Å². The summed E-state index contributed by atoms with van der Waals surface area (Å²) in [6.45, 7) is 0.650. The topological polar surface area (TPSA) is 29.3 Å². The number of anilines is 1. The molecular weight excluding hydrogens is 339 g/mol. The lowest BCUT2D eigenvalue weighted by atomic mass is 10.1. The molecule has 0 aliphatic heterocycles. The number of thiocarbonyl (C=S) groups is 1. The van der Waals surface area contributed by atoms with Crippen molar-refractivity contribution in [2.24, 2.45) is 5.73 Å². The Morgan fingerprint density at radius 2 is 1.90 bits per heavy atom. The van der Waals surface area contributed by atoms with Gasteiger partial charge in [0.25, 0.3) is 0 Å². The van der Waals surface area contributed by atoms with Crippen LogP contribution in [0.5, 0.6) is 0 Å². The molecule has 0 aromatic heterocycles. The van der Waals surface area contributed by atoms with Crippen molar-refractivity contribution >= 4 is 38.8 Å². The molecule has 0 amide bonds. The van der Waals surface area contributed by atoms with Crippen molar-refractivity contribution in [2.45, 2.75) is 6.54 Å². The molecule has 2 aromatic rings. The third-order valence-electron chi connectivity index (χ3n) is 2.97. The molecule has 20 heavy (non-hydrogen) atoms. The Hall–Kier alpha value is -1.46. The zero-order chi connectivity index (χ0) is 14.7. The van der Waals surface area contributed by atoms with Crippen LogP contribution in [0.15, 0.2) is 46.9 Å². The van der Waals surface area contributed by atoms with Gasteiger partial charge in [0.05, 0.1) is 0 Å². The van der Waals surface area contributed by atoms with E-state index in [9.17, 15) is 4.39 Å². The van der Waals surface area contributed by atoms with Gasteiger partial charge in [-0.3, -0.25) is 0 Å². The molecule has 2 nitrogen and oxygen atoms in total. The first-order chi connectivity index (χ1) is 9.47. The van der Waals surface area contributed by atoms with Crippen LogP contribution >= 0.6 is 28.1 Å². The highest BCUT2D eigenvalue weighted by molar-refractivity contribution is 9.10. The molecule has 0 saturated heterocycles. The van der Waals surface area contributed by atoms with Crippen LogP contribution in [0.25, 0.3) is 0 Å². The SMILES string of the molecule is CN(Cc1ccc(F)cc1)c1ccc(Br)cc1C(N)=S. The molecule has 0 radical (unpaired) electrons. The second-order valence-electron chi connectivity index (χ2n) is 4.51. The molecule has 2 N–H and O–H groups in total. The Labute approximate surface area is 131 Å². The van der Waals surface area contributed by atoms with Crippen molar-refractivity contribution in [3.8, 4) is 0 Å². The van der Waals surface area contributed by atoms with E-state index in [2.05, 4.69) is 15.9 Å². The summed E-state index contributed by atoms with van der Waals surface area (Å²) in [5.74, 6) is -0.233. The number of nitrogens with zero attached hydrogens (tertiary/aromatic N) is 1. The Kier molecular flexibility index (Phi) is 4.73. The maximum absolute atomic E-state index is 12.9. The third kappa shape index (κ3) is 3.55. The third-order valence-corrected chi connectivity index (χ3v) is 3.68. The summed E-state index contributed by atoms with van der Waals surface area (Å²) in [6.07, 6.45) is 0. The van der Waals surface area contributed by atoms with Crippen LogP contribution in [0, 0.1) is 5.82 Å². The number of hydrogen-bond donors (Lipinski definition) is 1. The van der Waals surface area contributed by atoms with E-state index in [1.54, 1.807) is 12.1 Å². The highest BCUT2D eigenvalue weighted by Crippen LogP contribution is 2.25. The fourth-order valence-electron chi connectivity index (χ4n) is 1.99. The molecule has 5 heteroatoms. The first-order valence-corrected chi connectivity index (χ1v) is 7.22. The lowest BCUT2D eigenvalue weighted by Gasteiger charge is -2.22. The second kappa shape index (κ2) is 6.33. The molecule has 0 heterocycles. The molecule has 2 aromatic carbocycles. The van der Waals surface area contributed by atoms with Crippen molar-refractivity contribution in [3.63, 3.8) is 0 Å². The van der Waals surface area contributed by atoms with Gasteiger partial charge in [-0.15, -0.1) is 0 Å². The lowest BCUT2D eigenvalue weighted by molar-refractivity contribution is 0.627. The van der Waals surface area contributed by atoms with Gasteiger partial charge in [-0.1, -0.05) is 40.3 Å². The molecular formula is C15H14BrFN2S. The van der Waals surface area contributed by atoms with E-state index >= 15 is 0 Å². The zero-order valence-electron chi connectivity index (χ0n) is 10.9. The molecule has 0 bridgehead atoms. The van der Waals surface area contributed by atoms with Gasteiger partial charge in [0.15, 0.2) is 0 Å². The number of halogens is 2. The lowest BCUT2D eigenvalue weighted by Crippen LogP contribution is -2.21. The van der Waals surface area contributed by atoms with Crippen molar-refractivity contribution in [1.82, 2.24) is 0 Å². The van der Waals surface area contributed by atoms with E-state index in [0.717, 1.165) is 21.3 Å². The van der Waals surface area contributed by atoms with Gasteiger partial charge in [-0.25, -0.2) is 4.39 Å².